The number of aliphatic hydroxyl groups is 1. The molecule has 0 heterocycles. The van der Waals surface area contributed by atoms with Gasteiger partial charge in [0.2, 0.25) is 0 Å². The maximum atomic E-state index is 13.0. The highest BCUT2D eigenvalue weighted by Crippen LogP contribution is 2.19. The normalized spacial score (nSPS) is 8.69. The van der Waals surface area contributed by atoms with Gasteiger partial charge in [-0.2, -0.15) is 0 Å². The predicted octanol–water partition coefficient (Wildman–Crippen LogP) is 10.1. The SMILES string of the molecule is C#CC#CC#CC#CC#CC#CC#CC#CC#CC#CC#COCCCCCCCCCCCCOc1ccc(C(=O)c2ccc(OCCCCCCCCCCCCO)cc2)cc1. The standard InChI is InChI=1S/C59H58O5/c1-2-3-4-5-6-7-8-9-10-11-12-13-14-15-16-18-23-28-33-38-51-62-52-39-34-29-24-20-21-26-31-36-41-54-64-58-48-44-56(45-49-58)59(61)55-42-46-57(47-43-55)63-53-40-35-30-25-19-17-22-27-32-37-50-60/h1,42-49,60H,17,19-22,24-27,29-32,34-37,39-41,50,52-54H2. The maximum Gasteiger partial charge on any atom is 0.193 e. The Morgan fingerprint density at radius 3 is 0.984 bits per heavy atom. The van der Waals surface area contributed by atoms with Gasteiger partial charge < -0.3 is 19.3 Å². The summed E-state index contributed by atoms with van der Waals surface area (Å²) >= 11 is 0. The van der Waals surface area contributed by atoms with Gasteiger partial charge >= 0.3 is 0 Å². The molecule has 5 nitrogen and oxygen atoms in total. The third-order valence-electron chi connectivity index (χ3n) is 9.28. The number of benzene rings is 2. The first-order valence-electron chi connectivity index (χ1n) is 22.4. The Morgan fingerprint density at radius 1 is 0.375 bits per heavy atom. The molecule has 0 saturated heterocycles. The van der Waals surface area contributed by atoms with Crippen LogP contribution in [-0.2, 0) is 4.74 Å². The fraction of sp³-hybridized carbons (Fsp3) is 0.407. The van der Waals surface area contributed by atoms with Gasteiger partial charge in [-0.1, -0.05) is 103 Å². The summed E-state index contributed by atoms with van der Waals surface area (Å²) in [5, 5.41) is 8.84. The molecular weight excluding hydrogens is 789 g/mol. The number of carbonyl (C=O) groups excluding carboxylic acids is 1. The van der Waals surface area contributed by atoms with E-state index in [0.29, 0.717) is 37.6 Å². The third kappa shape index (κ3) is 31.5. The molecule has 0 fully saturated rings. The second kappa shape index (κ2) is 41.0. The second-order valence-corrected chi connectivity index (χ2v) is 14.3. The monoisotopic (exact) mass is 846 g/mol. The van der Waals surface area contributed by atoms with Crippen molar-refractivity contribution in [2.24, 2.45) is 0 Å². The lowest BCUT2D eigenvalue weighted by molar-refractivity contribution is 0.103. The molecule has 0 aliphatic rings. The van der Waals surface area contributed by atoms with Crippen LogP contribution in [0.2, 0.25) is 0 Å². The Hall–Kier alpha value is -7.37. The van der Waals surface area contributed by atoms with Crippen LogP contribution in [-0.4, -0.2) is 37.3 Å². The van der Waals surface area contributed by atoms with Crippen LogP contribution in [0, 0.1) is 131 Å². The number of aliphatic hydroxyl groups excluding tert-OH is 1. The Morgan fingerprint density at radius 2 is 0.656 bits per heavy atom. The zero-order valence-corrected chi connectivity index (χ0v) is 37.2. The predicted molar refractivity (Wildman–Crippen MR) is 259 cm³/mol. The number of carbonyl (C=O) groups is 1. The Bertz CT molecular complexity index is 2370. The Labute approximate surface area is 385 Å². The number of hydrogen-bond acceptors (Lipinski definition) is 5. The number of ketones is 1. The van der Waals surface area contributed by atoms with E-state index in [9.17, 15) is 4.79 Å². The molecule has 0 aliphatic carbocycles. The Kier molecular flexibility index (Phi) is 33.8. The van der Waals surface area contributed by atoms with E-state index in [-0.39, 0.29) is 5.78 Å². The van der Waals surface area contributed by atoms with Gasteiger partial charge in [0.25, 0.3) is 0 Å². The minimum absolute atomic E-state index is 0.00745. The molecule has 0 saturated carbocycles. The highest BCUT2D eigenvalue weighted by molar-refractivity contribution is 6.09. The van der Waals surface area contributed by atoms with Crippen molar-refractivity contribution in [1.82, 2.24) is 0 Å². The van der Waals surface area contributed by atoms with E-state index < -0.39 is 0 Å². The lowest BCUT2D eigenvalue weighted by Gasteiger charge is -2.09. The molecule has 2 aromatic rings. The molecule has 0 aromatic heterocycles. The molecule has 64 heavy (non-hydrogen) atoms. The van der Waals surface area contributed by atoms with Crippen LogP contribution in [0.25, 0.3) is 0 Å². The van der Waals surface area contributed by atoms with Crippen molar-refractivity contribution >= 4 is 5.78 Å². The van der Waals surface area contributed by atoms with Crippen molar-refractivity contribution < 1.29 is 24.1 Å². The minimum atomic E-state index is -0.00745. The number of hydrogen-bond donors (Lipinski definition) is 1. The number of unbranched alkanes of at least 4 members (excludes halogenated alkanes) is 18. The van der Waals surface area contributed by atoms with E-state index >= 15 is 0 Å². The molecule has 324 valence electrons. The van der Waals surface area contributed by atoms with Crippen LogP contribution >= 0.6 is 0 Å². The molecule has 0 aliphatic heterocycles. The van der Waals surface area contributed by atoms with E-state index in [1.54, 1.807) is 0 Å². The fourth-order valence-corrected chi connectivity index (χ4v) is 5.95. The molecule has 0 radical (unpaired) electrons. The number of terminal acetylenes is 1. The minimum Gasteiger partial charge on any atom is -0.494 e. The smallest absolute Gasteiger partial charge is 0.193 e. The number of ether oxygens (including phenoxy) is 3. The van der Waals surface area contributed by atoms with Crippen LogP contribution in [0.5, 0.6) is 11.5 Å². The fourth-order valence-electron chi connectivity index (χ4n) is 5.95. The van der Waals surface area contributed by atoms with Gasteiger partial charge in [0.1, 0.15) is 24.2 Å². The maximum absolute atomic E-state index is 13.0. The van der Waals surface area contributed by atoms with Gasteiger partial charge in [0.05, 0.1) is 13.2 Å². The quantitative estimate of drug-likeness (QED) is 0.0502. The molecule has 2 aromatic carbocycles. The summed E-state index contributed by atoms with van der Waals surface area (Å²) in [6.45, 7) is 2.28. The molecule has 0 amide bonds. The van der Waals surface area contributed by atoms with Crippen LogP contribution < -0.4 is 9.47 Å². The number of rotatable bonds is 29. The third-order valence-corrected chi connectivity index (χ3v) is 9.28. The van der Waals surface area contributed by atoms with Crippen LogP contribution in [0.1, 0.15) is 144 Å². The molecule has 5 heteroatoms. The van der Waals surface area contributed by atoms with Crippen molar-refractivity contribution in [2.45, 2.75) is 128 Å². The largest absolute Gasteiger partial charge is 0.494 e. The molecule has 0 spiro atoms. The summed E-state index contributed by atoms with van der Waals surface area (Å²) in [5.41, 5.74) is 1.30. The lowest BCUT2D eigenvalue weighted by Crippen LogP contribution is -2.03. The molecule has 0 unspecified atom stereocenters. The van der Waals surface area contributed by atoms with Crippen LogP contribution in [0.4, 0.5) is 0 Å². The topological polar surface area (TPSA) is 65.0 Å². The van der Waals surface area contributed by atoms with E-state index in [1.807, 2.05) is 48.5 Å². The summed E-state index contributed by atoms with van der Waals surface area (Å²) in [6.07, 6.45) is 31.2. The van der Waals surface area contributed by atoms with Crippen molar-refractivity contribution in [3.8, 4) is 142 Å². The highest BCUT2D eigenvalue weighted by Gasteiger charge is 2.10. The van der Waals surface area contributed by atoms with Gasteiger partial charge in [-0.15, -0.1) is 6.42 Å². The first kappa shape index (κ1) is 52.8. The lowest BCUT2D eigenvalue weighted by atomic mass is 10.0. The van der Waals surface area contributed by atoms with Crippen molar-refractivity contribution in [1.29, 1.82) is 0 Å². The summed E-state index contributed by atoms with van der Waals surface area (Å²) in [7, 11) is 0. The molecule has 2 rings (SSSR count). The molecular formula is C59H58O5. The first-order valence-corrected chi connectivity index (χ1v) is 22.4. The van der Waals surface area contributed by atoms with Gasteiger partial charge in [0.15, 0.2) is 5.78 Å². The zero-order chi connectivity index (χ0) is 45.5. The van der Waals surface area contributed by atoms with E-state index in [0.717, 1.165) is 56.4 Å². The van der Waals surface area contributed by atoms with E-state index in [1.165, 1.54) is 83.5 Å². The second-order valence-electron chi connectivity index (χ2n) is 14.3. The molecule has 0 atom stereocenters. The average Bonchev–Trinajstić information content (AvgIpc) is 3.32. The first-order chi connectivity index (χ1) is 31.7. The van der Waals surface area contributed by atoms with Crippen molar-refractivity contribution in [3.63, 3.8) is 0 Å². The van der Waals surface area contributed by atoms with Crippen molar-refractivity contribution in [2.75, 3.05) is 26.4 Å². The van der Waals surface area contributed by atoms with Crippen LogP contribution in [0.15, 0.2) is 48.5 Å². The summed E-state index contributed by atoms with van der Waals surface area (Å²) < 4.78 is 17.2. The highest BCUT2D eigenvalue weighted by atomic mass is 16.5. The van der Waals surface area contributed by atoms with Gasteiger partial charge in [-0.05, 0) is 122 Å². The summed E-state index contributed by atoms with van der Waals surface area (Å²) in [5.74, 6) is 51.7. The summed E-state index contributed by atoms with van der Waals surface area (Å²) in [6, 6.07) is 14.9. The molecule has 0 bridgehead atoms. The van der Waals surface area contributed by atoms with Gasteiger partial charge in [0, 0.05) is 88.8 Å². The Balaban J connectivity index is 1.42. The zero-order valence-electron chi connectivity index (χ0n) is 37.2. The van der Waals surface area contributed by atoms with Gasteiger partial charge in [-0.3, -0.25) is 4.79 Å². The average molecular weight is 847 g/mol. The van der Waals surface area contributed by atoms with Crippen LogP contribution in [0.3, 0.4) is 0 Å². The summed E-state index contributed by atoms with van der Waals surface area (Å²) in [4.78, 5) is 13.0. The van der Waals surface area contributed by atoms with Crippen molar-refractivity contribution in [3.05, 3.63) is 59.7 Å². The van der Waals surface area contributed by atoms with E-state index in [2.05, 4.69) is 125 Å². The van der Waals surface area contributed by atoms with E-state index in [4.69, 9.17) is 25.7 Å². The molecule has 1 N–H and O–H groups in total. The van der Waals surface area contributed by atoms with Gasteiger partial charge in [-0.25, -0.2) is 0 Å².